The van der Waals surface area contributed by atoms with Crippen LogP contribution in [-0.4, -0.2) is 26.4 Å². The molecule has 1 unspecified atom stereocenters. The smallest absolute Gasteiger partial charge is 0.252 e. The fourth-order valence-corrected chi connectivity index (χ4v) is 5.48. The van der Waals surface area contributed by atoms with Gasteiger partial charge in [0, 0.05) is 19.0 Å². The number of hydrogen-bond donors (Lipinski definition) is 0. The number of thiophene rings is 1. The zero-order valence-electron chi connectivity index (χ0n) is 11.3. The molecule has 0 fully saturated rings. The van der Waals surface area contributed by atoms with Crippen molar-refractivity contribution >= 4 is 33.0 Å². The van der Waals surface area contributed by atoms with Crippen molar-refractivity contribution in [1.82, 2.24) is 4.31 Å². The number of ether oxygens (including phenoxy) is 1. The molecule has 1 atom stereocenters. The Kier molecular flexibility index (Phi) is 3.96. The van der Waals surface area contributed by atoms with Gasteiger partial charge in [-0.3, -0.25) is 0 Å². The van der Waals surface area contributed by atoms with E-state index in [4.69, 9.17) is 16.3 Å². The van der Waals surface area contributed by atoms with Crippen LogP contribution in [0.5, 0.6) is 5.75 Å². The van der Waals surface area contributed by atoms with Gasteiger partial charge in [-0.05, 0) is 18.2 Å². The lowest BCUT2D eigenvalue weighted by molar-refractivity contribution is 0.221. The summed E-state index contributed by atoms with van der Waals surface area (Å²) < 4.78 is 33.1. The Morgan fingerprint density at radius 1 is 1.29 bits per heavy atom. The minimum absolute atomic E-state index is 0.221. The van der Waals surface area contributed by atoms with Crippen molar-refractivity contribution in [2.24, 2.45) is 0 Å². The summed E-state index contributed by atoms with van der Waals surface area (Å²) in [6.07, 6.45) is 0.631. The zero-order valence-corrected chi connectivity index (χ0v) is 13.7. The average Bonchev–Trinajstić information content (AvgIpc) is 2.93. The number of hydrogen-bond acceptors (Lipinski definition) is 4. The van der Waals surface area contributed by atoms with E-state index < -0.39 is 10.0 Å². The monoisotopic (exact) mass is 343 g/mol. The maximum atomic E-state index is 12.7. The summed E-state index contributed by atoms with van der Waals surface area (Å²) in [7, 11) is -1.94. The molecule has 1 aromatic carbocycles. The van der Waals surface area contributed by atoms with Crippen LogP contribution < -0.4 is 4.74 Å². The Hall–Kier alpha value is -1.08. The highest BCUT2D eigenvalue weighted by Crippen LogP contribution is 2.38. The predicted octanol–water partition coefficient (Wildman–Crippen LogP) is 3.55. The van der Waals surface area contributed by atoms with Crippen molar-refractivity contribution in [3.63, 3.8) is 0 Å². The lowest BCUT2D eigenvalue weighted by Gasteiger charge is -2.32. The normalized spacial score (nSPS) is 18.3. The van der Waals surface area contributed by atoms with E-state index in [2.05, 4.69) is 0 Å². The van der Waals surface area contributed by atoms with Crippen LogP contribution in [0, 0.1) is 0 Å². The number of sulfonamides is 1. The second kappa shape index (κ2) is 5.61. The summed E-state index contributed by atoms with van der Waals surface area (Å²) in [6.45, 7) is 0.507. The number of rotatable bonds is 3. The third-order valence-corrected chi connectivity index (χ3v) is 7.11. The van der Waals surface area contributed by atoms with Crippen LogP contribution in [0.1, 0.15) is 18.0 Å². The molecule has 0 bridgehead atoms. The van der Waals surface area contributed by atoms with Gasteiger partial charge in [0.1, 0.15) is 9.96 Å². The Labute approximate surface area is 133 Å². The van der Waals surface area contributed by atoms with Crippen LogP contribution in [0.4, 0.5) is 0 Å². The summed E-state index contributed by atoms with van der Waals surface area (Å²) in [5.74, 6) is 0.750. The Morgan fingerprint density at radius 3 is 2.76 bits per heavy atom. The minimum Gasteiger partial charge on any atom is -0.493 e. The largest absolute Gasteiger partial charge is 0.493 e. The van der Waals surface area contributed by atoms with Crippen molar-refractivity contribution in [3.05, 3.63) is 46.3 Å². The van der Waals surface area contributed by atoms with E-state index >= 15 is 0 Å². The minimum atomic E-state index is -3.55. The van der Waals surface area contributed by atoms with Crippen molar-refractivity contribution in [2.75, 3.05) is 13.7 Å². The Morgan fingerprint density at radius 2 is 2.05 bits per heavy atom. The van der Waals surface area contributed by atoms with Gasteiger partial charge in [-0.15, -0.1) is 11.3 Å². The van der Waals surface area contributed by atoms with Gasteiger partial charge in [0.05, 0.1) is 17.0 Å². The van der Waals surface area contributed by atoms with Crippen LogP contribution in [0.3, 0.4) is 0 Å². The van der Waals surface area contributed by atoms with Crippen molar-refractivity contribution in [2.45, 2.75) is 16.7 Å². The summed E-state index contributed by atoms with van der Waals surface area (Å²) in [6, 6.07) is 10.5. The highest BCUT2D eigenvalue weighted by Gasteiger charge is 2.33. The van der Waals surface area contributed by atoms with Gasteiger partial charge in [0.15, 0.2) is 0 Å². The third-order valence-electron chi connectivity index (χ3n) is 3.55. The van der Waals surface area contributed by atoms with Gasteiger partial charge in [0.25, 0.3) is 10.0 Å². The number of benzene rings is 1. The summed E-state index contributed by atoms with van der Waals surface area (Å²) in [5.41, 5.74) is 0.900. The molecule has 4 nitrogen and oxygen atoms in total. The SMILES string of the molecule is CN(C1CCOc2ccccc21)S(=O)(=O)c1ccc(Cl)s1. The molecule has 0 aliphatic carbocycles. The fraction of sp³-hybridized carbons (Fsp3) is 0.286. The average molecular weight is 344 g/mol. The first-order valence-electron chi connectivity index (χ1n) is 6.45. The molecule has 21 heavy (non-hydrogen) atoms. The topological polar surface area (TPSA) is 46.6 Å². The molecule has 0 radical (unpaired) electrons. The van der Waals surface area contributed by atoms with Crippen LogP contribution in [0.2, 0.25) is 4.34 Å². The van der Waals surface area contributed by atoms with E-state index in [0.29, 0.717) is 17.4 Å². The fourth-order valence-electron chi connectivity index (χ4n) is 2.45. The molecule has 7 heteroatoms. The quantitative estimate of drug-likeness (QED) is 0.856. The van der Waals surface area contributed by atoms with Gasteiger partial charge < -0.3 is 4.74 Å². The molecule has 0 saturated heterocycles. The molecule has 2 aromatic rings. The maximum Gasteiger partial charge on any atom is 0.252 e. The second-order valence-electron chi connectivity index (χ2n) is 4.77. The van der Waals surface area contributed by atoms with Crippen molar-refractivity contribution in [1.29, 1.82) is 0 Å². The van der Waals surface area contributed by atoms with Gasteiger partial charge in [0.2, 0.25) is 0 Å². The van der Waals surface area contributed by atoms with Crippen molar-refractivity contribution < 1.29 is 13.2 Å². The van der Waals surface area contributed by atoms with Gasteiger partial charge >= 0.3 is 0 Å². The lowest BCUT2D eigenvalue weighted by atomic mass is 10.0. The van der Waals surface area contributed by atoms with Crippen molar-refractivity contribution in [3.8, 4) is 5.75 Å². The van der Waals surface area contributed by atoms with Crippen LogP contribution >= 0.6 is 22.9 Å². The third kappa shape index (κ3) is 2.68. The number of fused-ring (bicyclic) bond motifs is 1. The molecule has 0 spiro atoms. The molecule has 0 amide bonds. The van der Waals surface area contributed by atoms with Gasteiger partial charge in [-0.25, -0.2) is 8.42 Å². The van der Waals surface area contributed by atoms with Crippen LogP contribution in [0.25, 0.3) is 0 Å². The zero-order chi connectivity index (χ0) is 15.0. The standard InChI is InChI=1S/C14H14ClNO3S2/c1-16(21(17,18)14-7-6-13(15)20-14)11-8-9-19-12-5-3-2-4-10(11)12/h2-7,11H,8-9H2,1H3. The molecule has 0 N–H and O–H groups in total. The summed E-state index contributed by atoms with van der Waals surface area (Å²) in [4.78, 5) is 0. The molecule has 0 saturated carbocycles. The molecular weight excluding hydrogens is 330 g/mol. The molecule has 112 valence electrons. The van der Waals surface area contributed by atoms with E-state index in [0.717, 1.165) is 22.6 Å². The molecule has 1 aromatic heterocycles. The first-order chi connectivity index (χ1) is 10.00. The van der Waals surface area contributed by atoms with E-state index in [9.17, 15) is 8.42 Å². The molecular formula is C14H14ClNO3S2. The Bertz CT molecular complexity index is 757. The first-order valence-corrected chi connectivity index (χ1v) is 9.08. The van der Waals surface area contributed by atoms with E-state index in [1.807, 2.05) is 24.3 Å². The van der Waals surface area contributed by atoms with E-state index in [-0.39, 0.29) is 10.3 Å². The van der Waals surface area contributed by atoms with E-state index in [1.54, 1.807) is 19.2 Å². The molecule has 1 aliphatic heterocycles. The number of halogens is 1. The lowest BCUT2D eigenvalue weighted by Crippen LogP contribution is -2.34. The van der Waals surface area contributed by atoms with Crippen LogP contribution in [-0.2, 0) is 10.0 Å². The highest BCUT2D eigenvalue weighted by molar-refractivity contribution is 7.91. The Balaban J connectivity index is 1.98. The maximum absolute atomic E-state index is 12.7. The molecule has 1 aliphatic rings. The highest BCUT2D eigenvalue weighted by atomic mass is 35.5. The molecule has 2 heterocycles. The summed E-state index contributed by atoms with van der Waals surface area (Å²) in [5, 5.41) is 0. The second-order valence-corrected chi connectivity index (χ2v) is 8.71. The number of para-hydroxylation sites is 1. The van der Waals surface area contributed by atoms with Gasteiger partial charge in [-0.2, -0.15) is 4.31 Å². The number of nitrogens with zero attached hydrogens (tertiary/aromatic N) is 1. The molecule has 3 rings (SSSR count). The first kappa shape index (κ1) is 14.8. The predicted molar refractivity (Wildman–Crippen MR) is 83.6 cm³/mol. The van der Waals surface area contributed by atoms with Crippen LogP contribution in [0.15, 0.2) is 40.6 Å². The van der Waals surface area contributed by atoms with Gasteiger partial charge in [-0.1, -0.05) is 29.8 Å². The van der Waals surface area contributed by atoms with E-state index in [1.165, 1.54) is 4.31 Å². The summed E-state index contributed by atoms with van der Waals surface area (Å²) >= 11 is 6.93.